The highest BCUT2D eigenvalue weighted by Crippen LogP contribution is 2.10. The van der Waals surface area contributed by atoms with E-state index in [-0.39, 0.29) is 6.04 Å². The summed E-state index contributed by atoms with van der Waals surface area (Å²) in [5.74, 6) is 0. The zero-order valence-electron chi connectivity index (χ0n) is 9.94. The van der Waals surface area contributed by atoms with Gasteiger partial charge in [-0.05, 0) is 25.6 Å². The number of carbonyl (C=O) groups is 1. The van der Waals surface area contributed by atoms with Crippen LogP contribution in [0.2, 0.25) is 0 Å². The minimum Gasteiger partial charge on any atom is -0.301 e. The van der Waals surface area contributed by atoms with E-state index in [4.69, 9.17) is 0 Å². The van der Waals surface area contributed by atoms with E-state index in [2.05, 4.69) is 25.3 Å². The highest BCUT2D eigenvalue weighted by atomic mass is 16.1. The van der Waals surface area contributed by atoms with Crippen molar-refractivity contribution < 1.29 is 4.79 Å². The molecule has 0 heterocycles. The molecule has 0 saturated carbocycles. The Morgan fingerprint density at radius 1 is 1.40 bits per heavy atom. The molecule has 0 N–H and O–H groups in total. The van der Waals surface area contributed by atoms with E-state index in [0.717, 1.165) is 24.9 Å². The second-order valence-electron chi connectivity index (χ2n) is 3.19. The first-order valence-corrected chi connectivity index (χ1v) is 5.39. The molecule has 0 radical (unpaired) electrons. The van der Waals surface area contributed by atoms with Crippen molar-refractivity contribution in [1.82, 2.24) is 4.90 Å². The molecule has 0 aromatic rings. The van der Waals surface area contributed by atoms with E-state index in [1.165, 1.54) is 0 Å². The monoisotopic (exact) mass is 207 g/mol. The number of nitrogens with zero attached hydrogens (tertiary/aromatic N) is 1. The predicted octanol–water partition coefficient (Wildman–Crippen LogP) is 2.58. The van der Waals surface area contributed by atoms with Gasteiger partial charge in [-0.3, -0.25) is 4.90 Å². The molecule has 0 aliphatic rings. The van der Waals surface area contributed by atoms with Crippen molar-refractivity contribution in [1.29, 1.82) is 0 Å². The van der Waals surface area contributed by atoms with Crippen molar-refractivity contribution in [3.63, 3.8) is 0 Å². The number of aldehydes is 1. The molecule has 0 aromatic carbocycles. The van der Waals surface area contributed by atoms with E-state index >= 15 is 0 Å². The van der Waals surface area contributed by atoms with Crippen molar-refractivity contribution >= 4 is 6.29 Å². The van der Waals surface area contributed by atoms with E-state index in [0.29, 0.717) is 0 Å². The number of hydrogen-bond acceptors (Lipinski definition) is 2. The lowest BCUT2D eigenvalue weighted by Gasteiger charge is -2.25. The van der Waals surface area contributed by atoms with Gasteiger partial charge in [-0.2, -0.15) is 0 Å². The van der Waals surface area contributed by atoms with Crippen LogP contribution in [0, 0.1) is 0 Å². The van der Waals surface area contributed by atoms with E-state index in [1.807, 2.05) is 25.2 Å². The Balaban J connectivity index is 4.82. The summed E-state index contributed by atoms with van der Waals surface area (Å²) in [5.41, 5.74) is 1.02. The molecule has 0 bridgehead atoms. The molecular formula is C13H21NO. The third kappa shape index (κ3) is 4.26. The molecule has 0 aliphatic carbocycles. The zero-order valence-corrected chi connectivity index (χ0v) is 9.94. The van der Waals surface area contributed by atoms with E-state index in [9.17, 15) is 4.79 Å². The van der Waals surface area contributed by atoms with Crippen molar-refractivity contribution in [2.45, 2.75) is 26.8 Å². The van der Waals surface area contributed by atoms with Crippen molar-refractivity contribution in [3.8, 4) is 0 Å². The lowest BCUT2D eigenvalue weighted by Crippen LogP contribution is -2.37. The molecule has 15 heavy (non-hydrogen) atoms. The molecule has 2 heteroatoms. The molecule has 0 amide bonds. The van der Waals surface area contributed by atoms with Gasteiger partial charge in [0, 0.05) is 0 Å². The molecule has 0 aromatic heterocycles. The van der Waals surface area contributed by atoms with Gasteiger partial charge in [-0.15, -0.1) is 0 Å². The zero-order chi connectivity index (χ0) is 11.7. The van der Waals surface area contributed by atoms with Gasteiger partial charge >= 0.3 is 0 Å². The smallest absolute Gasteiger partial charge is 0.141 e. The van der Waals surface area contributed by atoms with Crippen molar-refractivity contribution in [3.05, 3.63) is 36.5 Å². The van der Waals surface area contributed by atoms with E-state index in [1.54, 1.807) is 6.08 Å². The summed E-state index contributed by atoms with van der Waals surface area (Å²) in [5, 5.41) is 0. The Hall–Kier alpha value is -1.15. The maximum Gasteiger partial charge on any atom is 0.141 e. The average Bonchev–Trinajstić information content (AvgIpc) is 2.28. The highest BCUT2D eigenvalue weighted by Gasteiger charge is 2.16. The lowest BCUT2D eigenvalue weighted by molar-refractivity contribution is -0.111. The highest BCUT2D eigenvalue weighted by molar-refractivity contribution is 5.65. The van der Waals surface area contributed by atoms with Crippen LogP contribution in [0.3, 0.4) is 0 Å². The molecule has 0 spiro atoms. The van der Waals surface area contributed by atoms with Crippen LogP contribution in [-0.4, -0.2) is 30.3 Å². The van der Waals surface area contributed by atoms with Crippen LogP contribution in [0.15, 0.2) is 36.5 Å². The van der Waals surface area contributed by atoms with Crippen molar-refractivity contribution in [2.75, 3.05) is 13.1 Å². The quantitative estimate of drug-likeness (QED) is 0.472. The molecular weight excluding hydrogens is 186 g/mol. The second-order valence-corrected chi connectivity index (χ2v) is 3.19. The molecule has 0 fully saturated rings. The summed E-state index contributed by atoms with van der Waals surface area (Å²) >= 11 is 0. The summed E-state index contributed by atoms with van der Waals surface area (Å²) in [6.45, 7) is 11.4. The van der Waals surface area contributed by atoms with Crippen LogP contribution >= 0.6 is 0 Å². The Morgan fingerprint density at radius 2 is 2.00 bits per heavy atom. The Labute approximate surface area is 93.0 Å². The van der Waals surface area contributed by atoms with Gasteiger partial charge in [0.25, 0.3) is 0 Å². The van der Waals surface area contributed by atoms with Crippen LogP contribution < -0.4 is 0 Å². The molecule has 1 atom stereocenters. The standard InChI is InChI=1S/C13H21NO/c1-5-9-10-12(6-2)13(11-15)14(7-3)8-4/h5-6,9-11,13H,1,7-8H2,2-4H3/b10-9-,12-6+/t13-/m0/s1. The van der Waals surface area contributed by atoms with Crippen LogP contribution in [-0.2, 0) is 4.79 Å². The van der Waals surface area contributed by atoms with Crippen LogP contribution in [0.5, 0.6) is 0 Å². The third-order valence-corrected chi connectivity index (χ3v) is 2.43. The average molecular weight is 207 g/mol. The lowest BCUT2D eigenvalue weighted by atomic mass is 10.1. The first kappa shape index (κ1) is 13.8. The minimum atomic E-state index is -0.138. The predicted molar refractivity (Wildman–Crippen MR) is 65.9 cm³/mol. The van der Waals surface area contributed by atoms with Gasteiger partial charge < -0.3 is 4.79 Å². The number of likely N-dealkylation sites (N-methyl/N-ethyl adjacent to an activating group) is 1. The van der Waals surface area contributed by atoms with E-state index < -0.39 is 0 Å². The summed E-state index contributed by atoms with van der Waals surface area (Å²) in [4.78, 5) is 13.2. The van der Waals surface area contributed by atoms with Gasteiger partial charge in [0.2, 0.25) is 0 Å². The molecule has 84 valence electrons. The maximum atomic E-state index is 11.1. The van der Waals surface area contributed by atoms with Crippen LogP contribution in [0.1, 0.15) is 20.8 Å². The van der Waals surface area contributed by atoms with Gasteiger partial charge in [-0.25, -0.2) is 0 Å². The molecule has 0 saturated heterocycles. The summed E-state index contributed by atoms with van der Waals surface area (Å²) in [6.07, 6.45) is 8.47. The molecule has 0 rings (SSSR count). The topological polar surface area (TPSA) is 20.3 Å². The normalized spacial score (nSPS) is 14.5. The summed E-state index contributed by atoms with van der Waals surface area (Å²) in [7, 11) is 0. The van der Waals surface area contributed by atoms with Gasteiger partial charge in [0.1, 0.15) is 6.29 Å². The Morgan fingerprint density at radius 3 is 2.33 bits per heavy atom. The number of allylic oxidation sites excluding steroid dienone is 3. The maximum absolute atomic E-state index is 11.1. The fourth-order valence-electron chi connectivity index (χ4n) is 1.54. The van der Waals surface area contributed by atoms with Crippen molar-refractivity contribution in [2.24, 2.45) is 0 Å². The minimum absolute atomic E-state index is 0.138. The Bertz CT molecular complexity index is 249. The first-order valence-electron chi connectivity index (χ1n) is 5.39. The number of carbonyl (C=O) groups excluding carboxylic acids is 1. The molecule has 0 unspecified atom stereocenters. The second kappa shape index (κ2) is 8.18. The van der Waals surface area contributed by atoms with Crippen LogP contribution in [0.25, 0.3) is 0 Å². The van der Waals surface area contributed by atoms with Gasteiger partial charge in [-0.1, -0.05) is 44.7 Å². The fraction of sp³-hybridized carbons (Fsp3) is 0.462. The molecule has 0 aliphatic heterocycles. The molecule has 2 nitrogen and oxygen atoms in total. The van der Waals surface area contributed by atoms with Gasteiger partial charge in [0.05, 0.1) is 6.04 Å². The van der Waals surface area contributed by atoms with Crippen LogP contribution in [0.4, 0.5) is 0 Å². The van der Waals surface area contributed by atoms with Gasteiger partial charge in [0.15, 0.2) is 0 Å². The largest absolute Gasteiger partial charge is 0.301 e. The first-order chi connectivity index (χ1) is 7.24. The fourth-order valence-corrected chi connectivity index (χ4v) is 1.54. The summed E-state index contributed by atoms with van der Waals surface area (Å²) in [6, 6.07) is -0.138. The Kier molecular flexibility index (Phi) is 7.56. The SMILES string of the molecule is C=C/C=C\C(=C/C)[C@H](C=O)N(CC)CC. The summed E-state index contributed by atoms with van der Waals surface area (Å²) < 4.78 is 0. The number of rotatable bonds is 7. The third-order valence-electron chi connectivity index (χ3n) is 2.43. The number of hydrogen-bond donors (Lipinski definition) is 0.